The molecule has 2 rings (SSSR count). The van der Waals surface area contributed by atoms with Crippen LogP contribution < -0.4 is 16.2 Å². The number of aromatic amines is 1. The molecular formula is C13H17N3O2. The molecule has 0 aliphatic carbocycles. The molecule has 0 bridgehead atoms. The van der Waals surface area contributed by atoms with Crippen molar-refractivity contribution in [2.45, 2.75) is 19.4 Å². The third-order valence-electron chi connectivity index (χ3n) is 2.67. The summed E-state index contributed by atoms with van der Waals surface area (Å²) in [4.78, 5) is 13.9. The molecule has 0 fully saturated rings. The number of benzene rings is 1. The lowest BCUT2D eigenvalue weighted by Gasteiger charge is -2.06. The van der Waals surface area contributed by atoms with Crippen molar-refractivity contribution in [1.82, 2.24) is 4.98 Å². The Labute approximate surface area is 105 Å². The molecule has 1 atom stereocenters. The molecule has 0 unspecified atom stereocenters. The van der Waals surface area contributed by atoms with Crippen LogP contribution in [0.2, 0.25) is 0 Å². The summed E-state index contributed by atoms with van der Waals surface area (Å²) in [6.07, 6.45) is 2.71. The highest BCUT2D eigenvalue weighted by molar-refractivity contribution is 5.88. The Morgan fingerprint density at radius 1 is 1.50 bits per heavy atom. The summed E-state index contributed by atoms with van der Waals surface area (Å²) in [6, 6.07) is 5.79. The minimum absolute atomic E-state index is 0.0965. The second-order valence-corrected chi connectivity index (χ2v) is 4.43. The molecule has 1 aromatic carbocycles. The van der Waals surface area contributed by atoms with Crippen molar-refractivity contribution in [2.24, 2.45) is 11.5 Å². The fraction of sp³-hybridized carbons (Fsp3) is 0.308. The lowest BCUT2D eigenvalue weighted by atomic mass is 10.1. The molecule has 1 amide bonds. The van der Waals surface area contributed by atoms with E-state index in [1.54, 1.807) is 6.07 Å². The molecule has 0 saturated heterocycles. The van der Waals surface area contributed by atoms with E-state index < -0.39 is 5.91 Å². The van der Waals surface area contributed by atoms with Crippen molar-refractivity contribution in [2.75, 3.05) is 6.61 Å². The van der Waals surface area contributed by atoms with Gasteiger partial charge < -0.3 is 21.2 Å². The SMILES string of the molecule is C[C@H](N)Cc1c[nH]c2c(OCC(N)=O)cccc12. The highest BCUT2D eigenvalue weighted by Gasteiger charge is 2.10. The van der Waals surface area contributed by atoms with E-state index in [-0.39, 0.29) is 12.6 Å². The first-order valence-electron chi connectivity index (χ1n) is 5.83. The average Bonchev–Trinajstić information content (AvgIpc) is 2.69. The number of nitrogens with two attached hydrogens (primary N) is 2. The number of para-hydroxylation sites is 1. The smallest absolute Gasteiger partial charge is 0.255 e. The molecular weight excluding hydrogens is 230 g/mol. The summed E-state index contributed by atoms with van der Waals surface area (Å²) in [7, 11) is 0. The summed E-state index contributed by atoms with van der Waals surface area (Å²) in [5, 5.41) is 1.06. The van der Waals surface area contributed by atoms with E-state index >= 15 is 0 Å². The normalized spacial score (nSPS) is 12.6. The number of H-pyrrole nitrogens is 1. The molecule has 1 aromatic heterocycles. The summed E-state index contributed by atoms with van der Waals surface area (Å²) in [5.41, 5.74) is 12.9. The van der Waals surface area contributed by atoms with Gasteiger partial charge in [0.05, 0.1) is 5.52 Å². The van der Waals surface area contributed by atoms with Gasteiger partial charge in [-0.2, -0.15) is 0 Å². The quantitative estimate of drug-likeness (QED) is 0.733. The van der Waals surface area contributed by atoms with Gasteiger partial charge in [0.2, 0.25) is 0 Å². The standard InChI is InChI=1S/C13H17N3O2/c1-8(14)5-9-6-16-13-10(9)3-2-4-11(13)18-7-12(15)17/h2-4,6,8,16H,5,7,14H2,1H3,(H2,15,17)/t8-/m0/s1. The summed E-state index contributed by atoms with van der Waals surface area (Å²) < 4.78 is 5.36. The molecule has 0 aliphatic heterocycles. The Morgan fingerprint density at radius 2 is 2.28 bits per heavy atom. The second kappa shape index (κ2) is 5.10. The fourth-order valence-corrected chi connectivity index (χ4v) is 1.97. The van der Waals surface area contributed by atoms with Gasteiger partial charge in [0.15, 0.2) is 6.61 Å². The van der Waals surface area contributed by atoms with Crippen LogP contribution in [0.3, 0.4) is 0 Å². The minimum atomic E-state index is -0.491. The Bertz CT molecular complexity index is 560. The molecule has 0 saturated carbocycles. The Kier molecular flexibility index (Phi) is 3.53. The Hall–Kier alpha value is -2.01. The Balaban J connectivity index is 2.32. The van der Waals surface area contributed by atoms with E-state index in [1.807, 2.05) is 25.3 Å². The first-order chi connectivity index (χ1) is 8.58. The lowest BCUT2D eigenvalue weighted by molar-refractivity contribution is -0.119. The maximum absolute atomic E-state index is 10.7. The predicted molar refractivity (Wildman–Crippen MR) is 70.3 cm³/mol. The van der Waals surface area contributed by atoms with E-state index in [0.29, 0.717) is 5.75 Å². The number of carbonyl (C=O) groups excluding carboxylic acids is 1. The zero-order valence-corrected chi connectivity index (χ0v) is 10.3. The number of rotatable bonds is 5. The van der Waals surface area contributed by atoms with Crippen LogP contribution in [0, 0.1) is 0 Å². The molecule has 0 spiro atoms. The molecule has 1 heterocycles. The van der Waals surface area contributed by atoms with Crippen LogP contribution in [0.15, 0.2) is 24.4 Å². The monoisotopic (exact) mass is 247 g/mol. The molecule has 5 heteroatoms. The van der Waals surface area contributed by atoms with E-state index in [4.69, 9.17) is 16.2 Å². The molecule has 0 radical (unpaired) electrons. The maximum Gasteiger partial charge on any atom is 0.255 e. The largest absolute Gasteiger partial charge is 0.482 e. The molecule has 5 N–H and O–H groups in total. The number of carbonyl (C=O) groups is 1. The molecule has 0 aliphatic rings. The van der Waals surface area contributed by atoms with Gasteiger partial charge >= 0.3 is 0 Å². The zero-order valence-electron chi connectivity index (χ0n) is 10.3. The van der Waals surface area contributed by atoms with Crippen LogP contribution in [0.5, 0.6) is 5.75 Å². The number of hydrogen-bond donors (Lipinski definition) is 3. The first kappa shape index (κ1) is 12.4. The number of aromatic nitrogens is 1. The summed E-state index contributed by atoms with van der Waals surface area (Å²) in [6.45, 7) is 1.84. The highest BCUT2D eigenvalue weighted by atomic mass is 16.5. The van der Waals surface area contributed by atoms with Crippen LogP contribution in [-0.2, 0) is 11.2 Å². The van der Waals surface area contributed by atoms with E-state index in [9.17, 15) is 4.79 Å². The molecule has 96 valence electrons. The van der Waals surface area contributed by atoms with Crippen molar-refractivity contribution in [3.8, 4) is 5.75 Å². The van der Waals surface area contributed by atoms with Gasteiger partial charge in [0.1, 0.15) is 5.75 Å². The third kappa shape index (κ3) is 2.62. The average molecular weight is 247 g/mol. The van der Waals surface area contributed by atoms with Gasteiger partial charge in [-0.1, -0.05) is 12.1 Å². The van der Waals surface area contributed by atoms with E-state index in [2.05, 4.69) is 4.98 Å². The lowest BCUT2D eigenvalue weighted by Crippen LogP contribution is -2.20. The number of fused-ring (bicyclic) bond motifs is 1. The first-order valence-corrected chi connectivity index (χ1v) is 5.83. The van der Waals surface area contributed by atoms with Crippen molar-refractivity contribution in [3.63, 3.8) is 0 Å². The summed E-state index contributed by atoms with van der Waals surface area (Å²) in [5.74, 6) is 0.136. The number of amides is 1. The van der Waals surface area contributed by atoms with Gasteiger partial charge in [-0.3, -0.25) is 4.79 Å². The van der Waals surface area contributed by atoms with Crippen LogP contribution in [0.1, 0.15) is 12.5 Å². The van der Waals surface area contributed by atoms with Crippen molar-refractivity contribution in [3.05, 3.63) is 30.0 Å². The van der Waals surface area contributed by atoms with Crippen molar-refractivity contribution in [1.29, 1.82) is 0 Å². The van der Waals surface area contributed by atoms with Gasteiger partial charge in [0, 0.05) is 17.6 Å². The van der Waals surface area contributed by atoms with Crippen LogP contribution in [0.25, 0.3) is 10.9 Å². The van der Waals surface area contributed by atoms with Crippen molar-refractivity contribution < 1.29 is 9.53 Å². The number of hydrogen-bond acceptors (Lipinski definition) is 3. The number of nitrogens with one attached hydrogen (secondary N) is 1. The van der Waals surface area contributed by atoms with Gasteiger partial charge in [0.25, 0.3) is 5.91 Å². The van der Waals surface area contributed by atoms with Crippen LogP contribution in [0.4, 0.5) is 0 Å². The van der Waals surface area contributed by atoms with Gasteiger partial charge in [-0.15, -0.1) is 0 Å². The zero-order chi connectivity index (χ0) is 13.1. The molecule has 5 nitrogen and oxygen atoms in total. The number of primary amides is 1. The Morgan fingerprint density at radius 3 is 2.94 bits per heavy atom. The molecule has 18 heavy (non-hydrogen) atoms. The maximum atomic E-state index is 10.7. The molecule has 2 aromatic rings. The van der Waals surface area contributed by atoms with Crippen LogP contribution >= 0.6 is 0 Å². The second-order valence-electron chi connectivity index (χ2n) is 4.43. The van der Waals surface area contributed by atoms with Gasteiger partial charge in [-0.25, -0.2) is 0 Å². The minimum Gasteiger partial charge on any atom is -0.482 e. The highest BCUT2D eigenvalue weighted by Crippen LogP contribution is 2.27. The van der Waals surface area contributed by atoms with E-state index in [1.165, 1.54) is 0 Å². The van der Waals surface area contributed by atoms with E-state index in [0.717, 1.165) is 22.9 Å². The summed E-state index contributed by atoms with van der Waals surface area (Å²) >= 11 is 0. The van der Waals surface area contributed by atoms with Gasteiger partial charge in [-0.05, 0) is 25.0 Å². The van der Waals surface area contributed by atoms with Crippen molar-refractivity contribution >= 4 is 16.8 Å². The predicted octanol–water partition coefficient (Wildman–Crippen LogP) is 0.922. The van der Waals surface area contributed by atoms with Crippen LogP contribution in [-0.4, -0.2) is 23.5 Å². The fourth-order valence-electron chi connectivity index (χ4n) is 1.97. The number of ether oxygens (including phenoxy) is 1. The third-order valence-corrected chi connectivity index (χ3v) is 2.67. The topological polar surface area (TPSA) is 94.1 Å².